The van der Waals surface area contributed by atoms with E-state index in [2.05, 4.69) is 0 Å². The van der Waals surface area contributed by atoms with E-state index < -0.39 is 0 Å². The maximum absolute atomic E-state index is 1.63. The highest BCUT2D eigenvalue weighted by molar-refractivity contribution is 5.08. The number of hydrogen-bond donors (Lipinski definition) is 0. The van der Waals surface area contributed by atoms with Crippen LogP contribution in [0, 0.1) is 29.1 Å². The van der Waals surface area contributed by atoms with Crippen molar-refractivity contribution in [2.45, 2.75) is 51.4 Å². The maximum Gasteiger partial charge on any atom is -0.0240 e. The minimum atomic E-state index is 0.906. The average Bonchev–Trinajstić information content (AvgIpc) is 2.17. The lowest BCUT2D eigenvalue weighted by Crippen LogP contribution is -2.55. The Morgan fingerprint density at radius 1 is 0.692 bits per heavy atom. The van der Waals surface area contributed by atoms with Gasteiger partial charge in [-0.25, -0.2) is 0 Å². The molecule has 0 aromatic carbocycles. The minimum absolute atomic E-state index is 0.906. The van der Waals surface area contributed by atoms with Gasteiger partial charge >= 0.3 is 0 Å². The van der Waals surface area contributed by atoms with Crippen LogP contribution in [-0.4, -0.2) is 0 Å². The normalized spacial score (nSPS) is 62.8. The molecule has 0 aromatic rings. The van der Waals surface area contributed by atoms with Crippen LogP contribution >= 0.6 is 0 Å². The molecule has 6 fully saturated rings. The van der Waals surface area contributed by atoms with E-state index in [1.807, 2.05) is 0 Å². The fourth-order valence-electron chi connectivity index (χ4n) is 5.63. The number of rotatable bonds is 0. The molecule has 0 aliphatic heterocycles. The van der Waals surface area contributed by atoms with E-state index in [-0.39, 0.29) is 0 Å². The smallest absolute Gasteiger partial charge is 0.0240 e. The van der Waals surface area contributed by atoms with Crippen molar-refractivity contribution in [3.05, 3.63) is 0 Å². The first-order chi connectivity index (χ1) is 6.37. The Morgan fingerprint density at radius 3 is 1.54 bits per heavy atom. The molecule has 0 unspecified atom stereocenters. The molecule has 0 atom stereocenters. The van der Waals surface area contributed by atoms with Gasteiger partial charge in [0.2, 0.25) is 0 Å². The second-order valence-electron chi connectivity index (χ2n) is 6.38. The van der Waals surface area contributed by atoms with E-state index in [1.165, 1.54) is 11.8 Å². The molecule has 72 valence electrons. The molecule has 0 radical (unpaired) electrons. The summed E-state index contributed by atoms with van der Waals surface area (Å²) < 4.78 is 0. The molecule has 6 rings (SSSR count). The van der Waals surface area contributed by atoms with Crippen LogP contribution in [-0.2, 0) is 0 Å². The molecule has 6 aliphatic carbocycles. The molecule has 0 N–H and O–H groups in total. The van der Waals surface area contributed by atoms with Crippen LogP contribution in [0.3, 0.4) is 0 Å². The third-order valence-electron chi connectivity index (χ3n) is 6.13. The van der Waals surface area contributed by atoms with Gasteiger partial charge in [0.15, 0.2) is 0 Å². The number of hydrogen-bond acceptors (Lipinski definition) is 0. The first-order valence-electron chi connectivity index (χ1n) is 6.37. The van der Waals surface area contributed by atoms with E-state index in [0.29, 0.717) is 0 Å². The molecule has 0 aromatic heterocycles. The summed E-state index contributed by atoms with van der Waals surface area (Å²) in [6.45, 7) is 0. The van der Waals surface area contributed by atoms with Gasteiger partial charge in [0.05, 0.1) is 0 Å². The van der Waals surface area contributed by atoms with Crippen LogP contribution in [0.1, 0.15) is 51.4 Å². The molecule has 0 nitrogen and oxygen atoms in total. The van der Waals surface area contributed by atoms with Gasteiger partial charge in [-0.1, -0.05) is 0 Å². The highest BCUT2D eigenvalue weighted by atomic mass is 14.6. The molecule has 0 heteroatoms. The SMILES string of the molecule is C1CC23CCC4CC2CC1CC3C4. The molecule has 5 bridgehead atoms. The Kier molecular flexibility index (Phi) is 1.21. The molecule has 1 spiro atoms. The molecule has 6 saturated carbocycles. The largest absolute Gasteiger partial charge is 0.0499 e. The summed E-state index contributed by atoms with van der Waals surface area (Å²) in [5, 5.41) is 0. The lowest BCUT2D eigenvalue weighted by Gasteiger charge is -2.65. The van der Waals surface area contributed by atoms with Crippen molar-refractivity contribution in [1.82, 2.24) is 0 Å². The van der Waals surface area contributed by atoms with Crippen LogP contribution < -0.4 is 0 Å². The van der Waals surface area contributed by atoms with Crippen LogP contribution in [0.25, 0.3) is 0 Å². The van der Waals surface area contributed by atoms with E-state index in [1.54, 1.807) is 51.4 Å². The Labute approximate surface area is 81.1 Å². The monoisotopic (exact) mass is 176 g/mol. The van der Waals surface area contributed by atoms with Crippen molar-refractivity contribution in [1.29, 1.82) is 0 Å². The first-order valence-corrected chi connectivity index (χ1v) is 6.37. The predicted molar refractivity (Wildman–Crippen MR) is 53.3 cm³/mol. The van der Waals surface area contributed by atoms with Crippen LogP contribution in [0.5, 0.6) is 0 Å². The lowest BCUT2D eigenvalue weighted by molar-refractivity contribution is -0.150. The zero-order valence-corrected chi connectivity index (χ0v) is 8.47. The molecule has 6 aliphatic rings. The Balaban J connectivity index is 1.81. The van der Waals surface area contributed by atoms with Crippen molar-refractivity contribution in [3.63, 3.8) is 0 Å². The zero-order chi connectivity index (χ0) is 8.47. The van der Waals surface area contributed by atoms with E-state index in [9.17, 15) is 0 Å². The topological polar surface area (TPSA) is 0 Å². The van der Waals surface area contributed by atoms with Gasteiger partial charge < -0.3 is 0 Å². The third-order valence-corrected chi connectivity index (χ3v) is 6.13. The predicted octanol–water partition coefficient (Wildman–Crippen LogP) is 3.61. The summed E-state index contributed by atoms with van der Waals surface area (Å²) >= 11 is 0. The molecule has 0 heterocycles. The fraction of sp³-hybridized carbons (Fsp3) is 1.00. The highest BCUT2D eigenvalue weighted by Crippen LogP contribution is 2.68. The second-order valence-corrected chi connectivity index (χ2v) is 6.38. The molecular formula is C13H20. The van der Waals surface area contributed by atoms with Gasteiger partial charge in [0, 0.05) is 0 Å². The molecular weight excluding hydrogens is 156 g/mol. The standard InChI is InChI=1S/C13H20/c1-3-13-4-2-10-7-11(13)5-9(1)6-12(13)8-10/h9-12H,1-8H2. The lowest BCUT2D eigenvalue weighted by atomic mass is 9.40. The Bertz CT molecular complexity index is 204. The van der Waals surface area contributed by atoms with Gasteiger partial charge in [-0.05, 0) is 80.5 Å². The van der Waals surface area contributed by atoms with Gasteiger partial charge in [-0.3, -0.25) is 0 Å². The zero-order valence-electron chi connectivity index (χ0n) is 8.47. The van der Waals surface area contributed by atoms with E-state index >= 15 is 0 Å². The Morgan fingerprint density at radius 2 is 1.15 bits per heavy atom. The van der Waals surface area contributed by atoms with Crippen molar-refractivity contribution < 1.29 is 0 Å². The molecule has 0 saturated heterocycles. The van der Waals surface area contributed by atoms with E-state index in [4.69, 9.17) is 0 Å². The van der Waals surface area contributed by atoms with Crippen molar-refractivity contribution in [2.75, 3.05) is 0 Å². The Hall–Kier alpha value is 0. The van der Waals surface area contributed by atoms with Crippen LogP contribution in [0.2, 0.25) is 0 Å². The van der Waals surface area contributed by atoms with Gasteiger partial charge in [0.25, 0.3) is 0 Å². The first kappa shape index (κ1) is 7.31. The van der Waals surface area contributed by atoms with Crippen molar-refractivity contribution in [3.8, 4) is 0 Å². The van der Waals surface area contributed by atoms with E-state index in [0.717, 1.165) is 17.3 Å². The minimum Gasteiger partial charge on any atom is -0.0499 e. The number of fused-ring (bicyclic) bond motifs is 2. The quantitative estimate of drug-likeness (QED) is 0.529. The summed E-state index contributed by atoms with van der Waals surface area (Å²) in [5.41, 5.74) is 0.906. The van der Waals surface area contributed by atoms with Gasteiger partial charge in [0.1, 0.15) is 0 Å². The summed E-state index contributed by atoms with van der Waals surface area (Å²) in [7, 11) is 0. The van der Waals surface area contributed by atoms with Crippen molar-refractivity contribution in [2.24, 2.45) is 29.1 Å². The van der Waals surface area contributed by atoms with Crippen LogP contribution in [0.15, 0.2) is 0 Å². The van der Waals surface area contributed by atoms with Crippen LogP contribution in [0.4, 0.5) is 0 Å². The van der Waals surface area contributed by atoms with Gasteiger partial charge in [-0.15, -0.1) is 0 Å². The summed E-state index contributed by atoms with van der Waals surface area (Å²) in [6, 6.07) is 0. The second kappa shape index (κ2) is 2.15. The highest BCUT2D eigenvalue weighted by Gasteiger charge is 2.58. The molecule has 0 amide bonds. The summed E-state index contributed by atoms with van der Waals surface area (Å²) in [4.78, 5) is 0. The summed E-state index contributed by atoms with van der Waals surface area (Å²) in [6.07, 6.45) is 13.0. The fourth-order valence-corrected chi connectivity index (χ4v) is 5.63. The maximum atomic E-state index is 1.63. The third kappa shape index (κ3) is 0.750. The van der Waals surface area contributed by atoms with Gasteiger partial charge in [-0.2, -0.15) is 0 Å². The van der Waals surface area contributed by atoms with Crippen molar-refractivity contribution >= 4 is 0 Å². The molecule has 13 heavy (non-hydrogen) atoms. The average molecular weight is 176 g/mol. The summed E-state index contributed by atoms with van der Waals surface area (Å²) in [5.74, 6) is 4.71.